The molecule has 0 saturated heterocycles. The number of aromatic nitrogens is 2. The SMILES string of the molecule is O=C(CC1C(=O)Nc2c(-c3ccc(F)cc3)cnn21)Nc1ccc(F)c(F)c1. The molecule has 1 atom stereocenters. The highest BCUT2D eigenvalue weighted by Gasteiger charge is 2.35. The quantitative estimate of drug-likeness (QED) is 0.721. The maximum atomic E-state index is 13.3. The van der Waals surface area contributed by atoms with Crippen molar-refractivity contribution in [3.63, 3.8) is 0 Å². The lowest BCUT2D eigenvalue weighted by Crippen LogP contribution is -2.23. The van der Waals surface area contributed by atoms with Gasteiger partial charge in [0.25, 0.3) is 5.91 Å². The summed E-state index contributed by atoms with van der Waals surface area (Å²) in [6.07, 6.45) is 1.27. The number of amides is 2. The van der Waals surface area contributed by atoms with E-state index in [1.807, 2.05) is 0 Å². The summed E-state index contributed by atoms with van der Waals surface area (Å²) in [5, 5.41) is 9.26. The third-order valence-electron chi connectivity index (χ3n) is 4.37. The van der Waals surface area contributed by atoms with E-state index in [2.05, 4.69) is 15.7 Å². The van der Waals surface area contributed by atoms with Gasteiger partial charge in [-0.25, -0.2) is 17.9 Å². The van der Waals surface area contributed by atoms with Gasteiger partial charge < -0.3 is 10.6 Å². The Morgan fingerprint density at radius 2 is 1.86 bits per heavy atom. The van der Waals surface area contributed by atoms with E-state index in [9.17, 15) is 22.8 Å². The van der Waals surface area contributed by atoms with Crippen molar-refractivity contribution < 1.29 is 22.8 Å². The molecule has 2 N–H and O–H groups in total. The van der Waals surface area contributed by atoms with Crippen LogP contribution in [0.25, 0.3) is 11.1 Å². The molecule has 2 heterocycles. The van der Waals surface area contributed by atoms with Gasteiger partial charge >= 0.3 is 0 Å². The minimum absolute atomic E-state index is 0.0787. The van der Waals surface area contributed by atoms with Gasteiger partial charge in [0.2, 0.25) is 5.91 Å². The molecule has 0 radical (unpaired) electrons. The minimum Gasteiger partial charge on any atom is -0.326 e. The fourth-order valence-electron chi connectivity index (χ4n) is 3.02. The van der Waals surface area contributed by atoms with Gasteiger partial charge in [-0.15, -0.1) is 0 Å². The molecular weight excluding hydrogens is 373 g/mol. The second-order valence-electron chi connectivity index (χ2n) is 6.24. The van der Waals surface area contributed by atoms with Crippen LogP contribution >= 0.6 is 0 Å². The number of nitrogens with zero attached hydrogens (tertiary/aromatic N) is 2. The summed E-state index contributed by atoms with van der Waals surface area (Å²) < 4.78 is 40.7. The Balaban J connectivity index is 1.52. The monoisotopic (exact) mass is 386 g/mol. The Labute approximate surface area is 157 Å². The van der Waals surface area contributed by atoms with E-state index in [4.69, 9.17) is 0 Å². The van der Waals surface area contributed by atoms with Crippen molar-refractivity contribution in [3.05, 3.63) is 66.1 Å². The number of rotatable bonds is 4. The Morgan fingerprint density at radius 1 is 1.11 bits per heavy atom. The molecule has 0 aliphatic carbocycles. The van der Waals surface area contributed by atoms with Crippen LogP contribution in [0.5, 0.6) is 0 Å². The largest absolute Gasteiger partial charge is 0.326 e. The lowest BCUT2D eigenvalue weighted by molar-refractivity contribution is -0.123. The van der Waals surface area contributed by atoms with E-state index in [-0.39, 0.29) is 17.9 Å². The summed E-state index contributed by atoms with van der Waals surface area (Å²) in [5.41, 5.74) is 1.33. The molecule has 4 rings (SSSR count). The Bertz CT molecular complexity index is 1080. The van der Waals surface area contributed by atoms with Gasteiger partial charge in [0.15, 0.2) is 11.6 Å². The molecule has 1 aliphatic heterocycles. The number of carbonyl (C=O) groups is 2. The summed E-state index contributed by atoms with van der Waals surface area (Å²) in [4.78, 5) is 24.5. The van der Waals surface area contributed by atoms with Crippen LogP contribution in [0.15, 0.2) is 48.7 Å². The molecule has 0 fully saturated rings. The fraction of sp³-hybridized carbons (Fsp3) is 0.105. The highest BCUT2D eigenvalue weighted by Crippen LogP contribution is 2.35. The summed E-state index contributed by atoms with van der Waals surface area (Å²) in [6, 6.07) is 7.78. The molecule has 0 spiro atoms. The number of nitrogens with one attached hydrogen (secondary N) is 2. The fourth-order valence-corrected chi connectivity index (χ4v) is 3.02. The Hall–Kier alpha value is -3.62. The third-order valence-corrected chi connectivity index (χ3v) is 4.37. The first-order valence-corrected chi connectivity index (χ1v) is 8.31. The van der Waals surface area contributed by atoms with Crippen molar-refractivity contribution in [1.82, 2.24) is 9.78 Å². The molecule has 0 saturated carbocycles. The van der Waals surface area contributed by atoms with Crippen LogP contribution in [0.1, 0.15) is 12.5 Å². The van der Waals surface area contributed by atoms with Crippen LogP contribution < -0.4 is 10.6 Å². The lowest BCUT2D eigenvalue weighted by atomic mass is 10.1. The van der Waals surface area contributed by atoms with Gasteiger partial charge in [0.05, 0.1) is 12.6 Å². The van der Waals surface area contributed by atoms with Gasteiger partial charge in [0.1, 0.15) is 17.7 Å². The van der Waals surface area contributed by atoms with Crippen molar-refractivity contribution >= 4 is 23.3 Å². The summed E-state index contributed by atoms with van der Waals surface area (Å²) in [6.45, 7) is 0. The van der Waals surface area contributed by atoms with E-state index in [0.29, 0.717) is 16.9 Å². The number of carbonyl (C=O) groups excluding carboxylic acids is 2. The zero-order valence-electron chi connectivity index (χ0n) is 14.2. The number of benzene rings is 2. The molecule has 2 amide bonds. The topological polar surface area (TPSA) is 76.0 Å². The maximum Gasteiger partial charge on any atom is 0.251 e. The molecule has 142 valence electrons. The predicted molar refractivity (Wildman–Crippen MR) is 94.9 cm³/mol. The molecular formula is C19H13F3N4O2. The molecule has 1 unspecified atom stereocenters. The number of fused-ring (bicyclic) bond motifs is 1. The molecule has 0 bridgehead atoms. The van der Waals surface area contributed by atoms with Gasteiger partial charge in [0, 0.05) is 17.3 Å². The van der Waals surface area contributed by atoms with Crippen LogP contribution in [-0.2, 0) is 9.59 Å². The van der Waals surface area contributed by atoms with E-state index >= 15 is 0 Å². The Morgan fingerprint density at radius 3 is 2.57 bits per heavy atom. The van der Waals surface area contributed by atoms with Crippen molar-refractivity contribution in [3.8, 4) is 11.1 Å². The zero-order valence-corrected chi connectivity index (χ0v) is 14.2. The average Bonchev–Trinajstić information content (AvgIpc) is 3.19. The van der Waals surface area contributed by atoms with E-state index in [0.717, 1.165) is 12.1 Å². The minimum atomic E-state index is -1.09. The normalized spacial score (nSPS) is 15.2. The van der Waals surface area contributed by atoms with Crippen molar-refractivity contribution in [1.29, 1.82) is 0 Å². The average molecular weight is 386 g/mol. The molecule has 1 aliphatic rings. The highest BCUT2D eigenvalue weighted by atomic mass is 19.2. The van der Waals surface area contributed by atoms with Crippen LogP contribution in [0.4, 0.5) is 24.7 Å². The summed E-state index contributed by atoms with van der Waals surface area (Å²) in [7, 11) is 0. The summed E-state index contributed by atoms with van der Waals surface area (Å²) in [5.74, 6) is -3.08. The molecule has 2 aromatic carbocycles. The van der Waals surface area contributed by atoms with E-state index in [1.54, 1.807) is 12.1 Å². The van der Waals surface area contributed by atoms with Crippen LogP contribution in [0.3, 0.4) is 0 Å². The van der Waals surface area contributed by atoms with Crippen molar-refractivity contribution in [2.24, 2.45) is 0 Å². The first-order chi connectivity index (χ1) is 13.4. The Kier molecular flexibility index (Phi) is 4.34. The number of anilines is 2. The highest BCUT2D eigenvalue weighted by molar-refractivity contribution is 6.04. The van der Waals surface area contributed by atoms with E-state index in [1.165, 1.54) is 29.1 Å². The molecule has 3 aromatic rings. The summed E-state index contributed by atoms with van der Waals surface area (Å²) >= 11 is 0. The third kappa shape index (κ3) is 3.22. The standard InChI is InChI=1S/C19H13F3N4O2/c20-11-3-1-10(2-4-11)13-9-23-26-16(19(28)25-18(13)26)8-17(27)24-12-5-6-14(21)15(22)7-12/h1-7,9,16H,8H2,(H,24,27)(H,25,28). The van der Waals surface area contributed by atoms with Crippen LogP contribution in [-0.4, -0.2) is 21.6 Å². The van der Waals surface area contributed by atoms with Gasteiger partial charge in [-0.2, -0.15) is 5.10 Å². The molecule has 28 heavy (non-hydrogen) atoms. The molecule has 1 aromatic heterocycles. The van der Waals surface area contributed by atoms with Crippen LogP contribution in [0, 0.1) is 17.5 Å². The zero-order chi connectivity index (χ0) is 19.8. The second-order valence-corrected chi connectivity index (χ2v) is 6.24. The smallest absolute Gasteiger partial charge is 0.251 e. The number of hydrogen-bond donors (Lipinski definition) is 2. The van der Waals surface area contributed by atoms with Gasteiger partial charge in [-0.1, -0.05) is 12.1 Å². The first kappa shape index (κ1) is 17.8. The van der Waals surface area contributed by atoms with Crippen molar-refractivity contribution in [2.45, 2.75) is 12.5 Å². The predicted octanol–water partition coefficient (Wildman–Crippen LogP) is 3.49. The van der Waals surface area contributed by atoms with E-state index < -0.39 is 29.5 Å². The van der Waals surface area contributed by atoms with Crippen LogP contribution in [0.2, 0.25) is 0 Å². The lowest BCUT2D eigenvalue weighted by Gasteiger charge is -2.10. The van der Waals surface area contributed by atoms with Gasteiger partial charge in [-0.3, -0.25) is 9.59 Å². The van der Waals surface area contributed by atoms with Crippen molar-refractivity contribution in [2.75, 3.05) is 10.6 Å². The molecule has 9 heteroatoms. The number of halogens is 3. The second kappa shape index (κ2) is 6.84. The maximum absolute atomic E-state index is 13.3. The number of hydrogen-bond acceptors (Lipinski definition) is 3. The van der Waals surface area contributed by atoms with Gasteiger partial charge in [-0.05, 0) is 29.8 Å². The first-order valence-electron chi connectivity index (χ1n) is 8.31. The molecule has 6 nitrogen and oxygen atoms in total.